The standard InChI is InChI=1S/C26H24Cl2FN3O4/c27-17-9-10-20(28)23(14-17)36-25-19(15-18(29)16-30-25)26(35)32-13-12-31(11-5-1-2-8-24(33)34)21-6-3-4-7-22(21)32/h3-4,6-7,9-10,14-16H,1-2,5,8,11-13H2,(H,33,34). The van der Waals surface area contributed by atoms with Gasteiger partial charge in [-0.25, -0.2) is 9.37 Å². The Morgan fingerprint density at radius 1 is 1.03 bits per heavy atom. The molecule has 2 aromatic carbocycles. The Balaban J connectivity index is 1.56. The minimum atomic E-state index is -0.791. The van der Waals surface area contributed by atoms with Crippen LogP contribution in [0.2, 0.25) is 10.0 Å². The molecule has 0 unspecified atom stereocenters. The number of carboxylic acid groups (broad SMARTS) is 1. The fraction of sp³-hybridized carbons (Fsp3) is 0.269. The molecule has 1 aliphatic heterocycles. The summed E-state index contributed by atoms with van der Waals surface area (Å²) in [5, 5.41) is 9.47. The van der Waals surface area contributed by atoms with Crippen LogP contribution in [0.15, 0.2) is 54.7 Å². The number of ether oxygens (including phenoxy) is 1. The third-order valence-corrected chi connectivity index (χ3v) is 6.37. The van der Waals surface area contributed by atoms with E-state index in [2.05, 4.69) is 9.88 Å². The normalized spacial score (nSPS) is 12.9. The van der Waals surface area contributed by atoms with Crippen molar-refractivity contribution in [3.63, 3.8) is 0 Å². The molecule has 10 heteroatoms. The maximum absolute atomic E-state index is 14.2. The van der Waals surface area contributed by atoms with Gasteiger partial charge in [0.25, 0.3) is 5.91 Å². The van der Waals surface area contributed by atoms with Crippen molar-refractivity contribution in [2.24, 2.45) is 0 Å². The second-order valence-electron chi connectivity index (χ2n) is 8.32. The van der Waals surface area contributed by atoms with Crippen LogP contribution in [0.5, 0.6) is 11.6 Å². The molecule has 0 saturated heterocycles. The van der Waals surface area contributed by atoms with Crippen molar-refractivity contribution in [3.8, 4) is 11.6 Å². The molecule has 0 spiro atoms. The van der Waals surface area contributed by atoms with Crippen LogP contribution in [0.25, 0.3) is 0 Å². The van der Waals surface area contributed by atoms with Gasteiger partial charge in [0, 0.05) is 37.1 Å². The lowest BCUT2D eigenvalue weighted by Gasteiger charge is -2.38. The summed E-state index contributed by atoms with van der Waals surface area (Å²) in [7, 11) is 0. The molecule has 1 aromatic heterocycles. The minimum Gasteiger partial charge on any atom is -0.481 e. The number of unbranched alkanes of at least 4 members (excludes halogenated alkanes) is 2. The molecule has 7 nitrogen and oxygen atoms in total. The molecule has 36 heavy (non-hydrogen) atoms. The van der Waals surface area contributed by atoms with Gasteiger partial charge in [-0.05, 0) is 43.2 Å². The topological polar surface area (TPSA) is 83.0 Å². The first-order valence-corrected chi connectivity index (χ1v) is 12.2. The van der Waals surface area contributed by atoms with E-state index in [-0.39, 0.29) is 28.6 Å². The van der Waals surface area contributed by atoms with Crippen LogP contribution in [-0.4, -0.2) is 41.6 Å². The van der Waals surface area contributed by atoms with E-state index in [0.717, 1.165) is 37.3 Å². The molecule has 0 bridgehead atoms. The first-order valence-electron chi connectivity index (χ1n) is 11.5. The fourth-order valence-corrected chi connectivity index (χ4v) is 4.40. The Labute approximate surface area is 218 Å². The number of rotatable bonds is 9. The van der Waals surface area contributed by atoms with E-state index < -0.39 is 17.7 Å². The second kappa shape index (κ2) is 11.6. The van der Waals surface area contributed by atoms with Gasteiger partial charge in [0.1, 0.15) is 17.1 Å². The lowest BCUT2D eigenvalue weighted by atomic mass is 10.1. The number of halogens is 3. The third kappa shape index (κ3) is 6.06. The maximum Gasteiger partial charge on any atom is 0.303 e. The summed E-state index contributed by atoms with van der Waals surface area (Å²) in [5.74, 6) is -1.80. The molecule has 188 valence electrons. The highest BCUT2D eigenvalue weighted by atomic mass is 35.5. The van der Waals surface area contributed by atoms with E-state index in [9.17, 15) is 14.0 Å². The molecule has 0 aliphatic carbocycles. The van der Waals surface area contributed by atoms with Gasteiger partial charge >= 0.3 is 5.97 Å². The number of hydrogen-bond donors (Lipinski definition) is 1. The number of carboxylic acids is 1. The predicted molar refractivity (Wildman–Crippen MR) is 137 cm³/mol. The van der Waals surface area contributed by atoms with Gasteiger partial charge in [-0.3, -0.25) is 9.59 Å². The summed E-state index contributed by atoms with van der Waals surface area (Å²) in [6.07, 6.45) is 3.39. The number of amides is 1. The van der Waals surface area contributed by atoms with Crippen LogP contribution in [0.1, 0.15) is 36.0 Å². The number of pyridine rings is 1. The van der Waals surface area contributed by atoms with Crippen LogP contribution >= 0.6 is 23.2 Å². The molecular formula is C26H24Cl2FN3O4. The van der Waals surface area contributed by atoms with Crippen molar-refractivity contribution in [1.29, 1.82) is 0 Å². The molecule has 0 radical (unpaired) electrons. The smallest absolute Gasteiger partial charge is 0.303 e. The Morgan fingerprint density at radius 3 is 2.58 bits per heavy atom. The van der Waals surface area contributed by atoms with E-state index >= 15 is 0 Å². The number of fused-ring (bicyclic) bond motifs is 1. The average Bonchev–Trinajstić information content (AvgIpc) is 2.86. The highest BCUT2D eigenvalue weighted by Gasteiger charge is 2.30. The summed E-state index contributed by atoms with van der Waals surface area (Å²) in [6.45, 7) is 1.68. The lowest BCUT2D eigenvalue weighted by Crippen LogP contribution is -2.44. The van der Waals surface area contributed by atoms with Gasteiger partial charge in [0.2, 0.25) is 5.88 Å². The lowest BCUT2D eigenvalue weighted by molar-refractivity contribution is -0.137. The predicted octanol–water partition coefficient (Wildman–Crippen LogP) is 6.43. The number of hydrogen-bond acceptors (Lipinski definition) is 5. The van der Waals surface area contributed by atoms with Crippen molar-refractivity contribution >= 4 is 46.5 Å². The number of para-hydroxylation sites is 2. The highest BCUT2D eigenvalue weighted by molar-refractivity contribution is 6.34. The molecule has 0 saturated carbocycles. The fourth-order valence-electron chi connectivity index (χ4n) is 4.09. The Morgan fingerprint density at radius 2 is 1.81 bits per heavy atom. The second-order valence-corrected chi connectivity index (χ2v) is 9.16. The van der Waals surface area contributed by atoms with Gasteiger partial charge in [-0.1, -0.05) is 41.8 Å². The monoisotopic (exact) mass is 531 g/mol. The summed E-state index contributed by atoms with van der Waals surface area (Å²) < 4.78 is 20.0. The van der Waals surface area contributed by atoms with Crippen LogP contribution < -0.4 is 14.5 Å². The molecule has 2 heterocycles. The van der Waals surface area contributed by atoms with Gasteiger partial charge < -0.3 is 19.6 Å². The number of carbonyl (C=O) groups excluding carboxylic acids is 1. The number of aliphatic carboxylic acids is 1. The van der Waals surface area contributed by atoms with Crippen molar-refractivity contribution in [2.45, 2.75) is 25.7 Å². The Kier molecular flexibility index (Phi) is 8.28. The van der Waals surface area contributed by atoms with Gasteiger partial charge in [-0.2, -0.15) is 0 Å². The number of carbonyl (C=O) groups is 2. The van der Waals surface area contributed by atoms with E-state index in [0.29, 0.717) is 30.2 Å². The molecule has 0 atom stereocenters. The summed E-state index contributed by atoms with van der Waals surface area (Å²) in [4.78, 5) is 32.1. The van der Waals surface area contributed by atoms with E-state index in [1.165, 1.54) is 6.07 Å². The summed E-state index contributed by atoms with van der Waals surface area (Å²) in [6, 6.07) is 13.2. The van der Waals surface area contributed by atoms with Crippen molar-refractivity contribution in [3.05, 3.63) is 76.2 Å². The zero-order valence-corrected chi connectivity index (χ0v) is 20.8. The minimum absolute atomic E-state index is 0.0389. The van der Waals surface area contributed by atoms with E-state index in [4.69, 9.17) is 33.0 Å². The SMILES string of the molecule is O=C(O)CCCCCN1CCN(C(=O)c2cc(F)cnc2Oc2cc(Cl)ccc2Cl)c2ccccc21. The molecule has 3 aromatic rings. The van der Waals surface area contributed by atoms with Gasteiger partial charge in [-0.15, -0.1) is 0 Å². The van der Waals surface area contributed by atoms with Crippen molar-refractivity contribution < 1.29 is 23.8 Å². The van der Waals surface area contributed by atoms with E-state index in [1.54, 1.807) is 17.0 Å². The van der Waals surface area contributed by atoms with Crippen LogP contribution in [0, 0.1) is 5.82 Å². The van der Waals surface area contributed by atoms with Crippen LogP contribution in [0.4, 0.5) is 15.8 Å². The van der Waals surface area contributed by atoms with Crippen LogP contribution in [0.3, 0.4) is 0 Å². The molecule has 4 rings (SSSR count). The van der Waals surface area contributed by atoms with Crippen LogP contribution in [-0.2, 0) is 4.79 Å². The Hall–Kier alpha value is -3.36. The number of anilines is 2. The molecule has 1 aliphatic rings. The zero-order valence-electron chi connectivity index (χ0n) is 19.3. The number of benzene rings is 2. The van der Waals surface area contributed by atoms with Gasteiger partial charge in [0.05, 0.1) is 22.6 Å². The molecule has 0 fully saturated rings. The van der Waals surface area contributed by atoms with Gasteiger partial charge in [0.15, 0.2) is 0 Å². The first-order chi connectivity index (χ1) is 17.3. The quantitative estimate of drug-likeness (QED) is 0.320. The first kappa shape index (κ1) is 25.7. The third-order valence-electron chi connectivity index (χ3n) is 5.82. The van der Waals surface area contributed by atoms with Crippen molar-refractivity contribution in [1.82, 2.24) is 4.98 Å². The summed E-state index contributed by atoms with van der Waals surface area (Å²) in [5.41, 5.74) is 1.53. The van der Waals surface area contributed by atoms with E-state index in [1.807, 2.05) is 24.3 Å². The molecule has 1 amide bonds. The average molecular weight is 532 g/mol. The number of nitrogens with zero attached hydrogens (tertiary/aromatic N) is 3. The molecular weight excluding hydrogens is 508 g/mol. The zero-order chi connectivity index (χ0) is 25.7. The maximum atomic E-state index is 14.2. The van der Waals surface area contributed by atoms with Crippen molar-refractivity contribution in [2.75, 3.05) is 29.4 Å². The summed E-state index contributed by atoms with van der Waals surface area (Å²) >= 11 is 12.2. The molecule has 1 N–H and O–H groups in total. The number of aromatic nitrogens is 1. The largest absolute Gasteiger partial charge is 0.481 e. The highest BCUT2D eigenvalue weighted by Crippen LogP contribution is 2.37. The Bertz CT molecular complexity index is 1270.